The Balaban J connectivity index is 1.55. The van der Waals surface area contributed by atoms with E-state index in [0.717, 1.165) is 31.5 Å². The second-order valence-corrected chi connectivity index (χ2v) is 10.6. The van der Waals surface area contributed by atoms with Crippen LogP contribution in [0.2, 0.25) is 0 Å². The van der Waals surface area contributed by atoms with Crippen molar-refractivity contribution < 1.29 is 17.9 Å². The van der Waals surface area contributed by atoms with E-state index in [4.69, 9.17) is 4.74 Å². The lowest BCUT2D eigenvalue weighted by atomic mass is 9.97. The molecule has 168 valence electrons. The molecule has 4 atom stereocenters. The van der Waals surface area contributed by atoms with Crippen molar-refractivity contribution in [3.05, 3.63) is 29.8 Å². The number of piperidine rings is 1. The van der Waals surface area contributed by atoms with Crippen LogP contribution in [0, 0.1) is 12.8 Å². The van der Waals surface area contributed by atoms with Gasteiger partial charge in [0.25, 0.3) is 0 Å². The van der Waals surface area contributed by atoms with Gasteiger partial charge in [0.1, 0.15) is 0 Å². The van der Waals surface area contributed by atoms with Crippen LogP contribution in [-0.2, 0) is 19.6 Å². The largest absolute Gasteiger partial charge is 0.372 e. The molecule has 2 heterocycles. The number of rotatable bonds is 6. The fourth-order valence-electron chi connectivity index (χ4n) is 4.42. The molecule has 30 heavy (non-hydrogen) atoms. The van der Waals surface area contributed by atoms with Gasteiger partial charge in [-0.3, -0.25) is 9.69 Å². The first kappa shape index (κ1) is 23.2. The summed E-state index contributed by atoms with van der Waals surface area (Å²) in [7, 11) is -3.52. The third-order valence-corrected chi connectivity index (χ3v) is 7.52. The zero-order valence-corrected chi connectivity index (χ0v) is 19.3. The number of hydrogen-bond acceptors (Lipinski definition) is 5. The van der Waals surface area contributed by atoms with Gasteiger partial charge < -0.3 is 9.64 Å². The van der Waals surface area contributed by atoms with Crippen molar-refractivity contribution in [3.8, 4) is 0 Å². The molecule has 0 aliphatic carbocycles. The molecule has 1 amide bonds. The number of aryl methyl sites for hydroxylation is 1. The second kappa shape index (κ2) is 9.77. The Morgan fingerprint density at radius 1 is 1.17 bits per heavy atom. The van der Waals surface area contributed by atoms with Crippen molar-refractivity contribution in [1.29, 1.82) is 0 Å². The number of likely N-dealkylation sites (tertiary alicyclic amines) is 1. The normalized spacial score (nSPS) is 27.1. The van der Waals surface area contributed by atoms with E-state index in [1.54, 1.807) is 24.3 Å². The predicted octanol–water partition coefficient (Wildman–Crippen LogP) is 2.01. The van der Waals surface area contributed by atoms with E-state index in [2.05, 4.69) is 9.62 Å². The van der Waals surface area contributed by atoms with Gasteiger partial charge in [0, 0.05) is 26.2 Å². The van der Waals surface area contributed by atoms with Crippen LogP contribution in [0.4, 0.5) is 0 Å². The molecular weight excluding hydrogens is 402 g/mol. The number of hydrogen-bond donors (Lipinski definition) is 1. The molecule has 0 bridgehead atoms. The van der Waals surface area contributed by atoms with Crippen LogP contribution < -0.4 is 4.72 Å². The van der Waals surface area contributed by atoms with E-state index >= 15 is 0 Å². The van der Waals surface area contributed by atoms with Crippen LogP contribution in [0.3, 0.4) is 0 Å². The van der Waals surface area contributed by atoms with Gasteiger partial charge in [-0.1, -0.05) is 17.7 Å². The summed E-state index contributed by atoms with van der Waals surface area (Å²) in [5.74, 6) is 0.328. The summed E-state index contributed by atoms with van der Waals surface area (Å²) in [6.07, 6.45) is 2.02. The molecule has 1 aromatic carbocycles. The summed E-state index contributed by atoms with van der Waals surface area (Å²) < 4.78 is 33.7. The van der Waals surface area contributed by atoms with Gasteiger partial charge in [-0.05, 0) is 65.1 Å². The van der Waals surface area contributed by atoms with Gasteiger partial charge in [0.2, 0.25) is 15.9 Å². The average Bonchev–Trinajstić information content (AvgIpc) is 2.71. The van der Waals surface area contributed by atoms with Gasteiger partial charge in [0.15, 0.2) is 0 Å². The molecule has 0 radical (unpaired) electrons. The van der Waals surface area contributed by atoms with Crippen LogP contribution in [0.1, 0.15) is 39.2 Å². The highest BCUT2D eigenvalue weighted by Gasteiger charge is 2.33. The maximum atomic E-state index is 13.0. The number of nitrogens with one attached hydrogen (secondary N) is 1. The number of amides is 1. The third-order valence-electron chi connectivity index (χ3n) is 6.08. The number of benzene rings is 1. The van der Waals surface area contributed by atoms with Gasteiger partial charge in [-0.15, -0.1) is 0 Å². The fraction of sp³-hybridized carbons (Fsp3) is 0.682. The zero-order chi connectivity index (χ0) is 21.9. The molecular formula is C22H35N3O4S. The van der Waals surface area contributed by atoms with Crippen LogP contribution in [0.5, 0.6) is 0 Å². The summed E-state index contributed by atoms with van der Waals surface area (Å²) in [5.41, 5.74) is 1.03. The minimum absolute atomic E-state index is 0.0511. The Bertz CT molecular complexity index is 817. The highest BCUT2D eigenvalue weighted by atomic mass is 32.2. The van der Waals surface area contributed by atoms with Crippen molar-refractivity contribution >= 4 is 15.9 Å². The average molecular weight is 438 g/mol. The first-order valence-electron chi connectivity index (χ1n) is 10.9. The van der Waals surface area contributed by atoms with E-state index in [0.29, 0.717) is 24.5 Å². The summed E-state index contributed by atoms with van der Waals surface area (Å²) in [6.45, 7) is 11.1. The number of sulfonamides is 1. The lowest BCUT2D eigenvalue weighted by molar-refractivity contribution is -0.148. The fourth-order valence-corrected chi connectivity index (χ4v) is 5.54. The molecule has 1 aromatic rings. The molecule has 3 rings (SSSR count). The SMILES string of the molecule is Cc1ccc(S(=O)(=O)NCC2CCCN(C(C)C(=O)N3CC(C)OC(C)C3)C2)cc1. The number of morpholine rings is 1. The van der Waals surface area contributed by atoms with Gasteiger partial charge in [0.05, 0.1) is 23.1 Å². The molecule has 0 aromatic heterocycles. The summed E-state index contributed by atoms with van der Waals surface area (Å²) in [4.78, 5) is 17.4. The third kappa shape index (κ3) is 5.81. The Labute approximate surface area is 180 Å². The molecule has 4 unspecified atom stereocenters. The molecule has 2 aliphatic heterocycles. The van der Waals surface area contributed by atoms with Crippen LogP contribution in [-0.4, -0.2) is 75.1 Å². The Morgan fingerprint density at radius 3 is 2.43 bits per heavy atom. The van der Waals surface area contributed by atoms with E-state index in [1.165, 1.54) is 0 Å². The quantitative estimate of drug-likeness (QED) is 0.737. The minimum atomic E-state index is -3.52. The Morgan fingerprint density at radius 2 is 1.80 bits per heavy atom. The van der Waals surface area contributed by atoms with Crippen molar-refractivity contribution in [3.63, 3.8) is 0 Å². The molecule has 2 saturated heterocycles. The van der Waals surface area contributed by atoms with Crippen LogP contribution in [0.25, 0.3) is 0 Å². The van der Waals surface area contributed by atoms with E-state index < -0.39 is 10.0 Å². The lowest BCUT2D eigenvalue weighted by Gasteiger charge is -2.41. The van der Waals surface area contributed by atoms with Crippen molar-refractivity contribution in [2.45, 2.75) is 63.7 Å². The highest BCUT2D eigenvalue weighted by molar-refractivity contribution is 7.89. The zero-order valence-electron chi connectivity index (χ0n) is 18.5. The Hall–Kier alpha value is -1.48. The first-order valence-corrected chi connectivity index (χ1v) is 12.4. The van der Waals surface area contributed by atoms with E-state index in [9.17, 15) is 13.2 Å². The minimum Gasteiger partial charge on any atom is -0.372 e. The van der Waals surface area contributed by atoms with Crippen LogP contribution in [0.15, 0.2) is 29.2 Å². The van der Waals surface area contributed by atoms with E-state index in [-0.39, 0.29) is 30.1 Å². The van der Waals surface area contributed by atoms with Gasteiger partial charge in [-0.25, -0.2) is 13.1 Å². The maximum Gasteiger partial charge on any atom is 0.240 e. The lowest BCUT2D eigenvalue weighted by Crippen LogP contribution is -2.56. The van der Waals surface area contributed by atoms with Crippen molar-refractivity contribution in [1.82, 2.24) is 14.5 Å². The molecule has 2 fully saturated rings. The van der Waals surface area contributed by atoms with Crippen LogP contribution >= 0.6 is 0 Å². The monoisotopic (exact) mass is 437 g/mol. The van der Waals surface area contributed by atoms with Gasteiger partial charge in [-0.2, -0.15) is 0 Å². The van der Waals surface area contributed by atoms with Gasteiger partial charge >= 0.3 is 0 Å². The maximum absolute atomic E-state index is 13.0. The number of nitrogens with zero attached hydrogens (tertiary/aromatic N) is 2. The summed E-state index contributed by atoms with van der Waals surface area (Å²) in [5, 5.41) is 0. The molecule has 2 aliphatic rings. The Kier molecular flexibility index (Phi) is 7.55. The topological polar surface area (TPSA) is 79.0 Å². The van der Waals surface area contributed by atoms with Crippen molar-refractivity contribution in [2.75, 3.05) is 32.7 Å². The molecule has 0 spiro atoms. The standard InChI is InChI=1S/C22H35N3O4S/c1-16-7-9-21(10-8-16)30(27,28)23-12-20-6-5-11-24(15-20)19(4)22(26)25-13-17(2)29-18(3)14-25/h7-10,17-20,23H,5-6,11-15H2,1-4H3. The number of carbonyl (C=O) groups excluding carboxylic acids is 1. The smallest absolute Gasteiger partial charge is 0.240 e. The number of ether oxygens (including phenoxy) is 1. The molecule has 7 nitrogen and oxygen atoms in total. The molecule has 0 saturated carbocycles. The number of carbonyl (C=O) groups is 1. The first-order chi connectivity index (χ1) is 14.2. The van der Waals surface area contributed by atoms with E-state index in [1.807, 2.05) is 32.6 Å². The molecule has 1 N–H and O–H groups in total. The summed E-state index contributed by atoms with van der Waals surface area (Å²) in [6, 6.07) is 6.67. The van der Waals surface area contributed by atoms with Crippen molar-refractivity contribution in [2.24, 2.45) is 5.92 Å². The highest BCUT2D eigenvalue weighted by Crippen LogP contribution is 2.21. The second-order valence-electron chi connectivity index (χ2n) is 8.84. The molecule has 8 heteroatoms. The summed E-state index contributed by atoms with van der Waals surface area (Å²) >= 11 is 0. The predicted molar refractivity (Wildman–Crippen MR) is 117 cm³/mol.